The first-order valence-corrected chi connectivity index (χ1v) is 12.8. The van der Waals surface area contributed by atoms with Crippen molar-refractivity contribution in [3.8, 4) is 11.5 Å². The van der Waals surface area contributed by atoms with Crippen molar-refractivity contribution >= 4 is 50.8 Å². The maximum atomic E-state index is 13.7. The maximum absolute atomic E-state index is 13.7. The van der Waals surface area contributed by atoms with Crippen LogP contribution in [0, 0.1) is 0 Å². The van der Waals surface area contributed by atoms with E-state index in [0.717, 1.165) is 29.9 Å². The Balaban J connectivity index is 0.00000320. The van der Waals surface area contributed by atoms with Gasteiger partial charge in [-0.15, -0.1) is 12.4 Å². The molecule has 0 fully saturated rings. The lowest BCUT2D eigenvalue weighted by atomic mass is 10.0. The number of hydrogen-bond donors (Lipinski definition) is 0. The van der Waals surface area contributed by atoms with Crippen molar-refractivity contribution in [2.45, 2.75) is 13.8 Å². The summed E-state index contributed by atoms with van der Waals surface area (Å²) in [7, 11) is 0. The van der Waals surface area contributed by atoms with E-state index in [2.05, 4.69) is 18.7 Å². The topological polar surface area (TPSA) is 72.0 Å². The number of fused-ring (bicyclic) bond motifs is 2. The summed E-state index contributed by atoms with van der Waals surface area (Å²) in [6.45, 7) is 7.44. The van der Waals surface area contributed by atoms with Crippen molar-refractivity contribution in [1.82, 2.24) is 9.88 Å². The number of ketones is 1. The first-order chi connectivity index (χ1) is 17.6. The molecule has 7 nitrogen and oxygen atoms in total. The summed E-state index contributed by atoms with van der Waals surface area (Å²) in [5, 5.41) is 0.621. The molecule has 0 saturated carbocycles. The van der Waals surface area contributed by atoms with E-state index >= 15 is 0 Å². The molecule has 1 aliphatic heterocycles. The van der Waals surface area contributed by atoms with E-state index in [-0.39, 0.29) is 30.9 Å². The summed E-state index contributed by atoms with van der Waals surface area (Å²) in [6, 6.07) is 19.7. The normalized spacial score (nSPS) is 12.0. The quantitative estimate of drug-likeness (QED) is 0.256. The number of amides is 1. The fraction of sp³-hybridized carbons (Fsp3) is 0.250. The van der Waals surface area contributed by atoms with E-state index in [1.54, 1.807) is 41.3 Å². The van der Waals surface area contributed by atoms with Crippen LogP contribution in [-0.4, -0.2) is 54.5 Å². The highest BCUT2D eigenvalue weighted by Gasteiger charge is 2.24. The van der Waals surface area contributed by atoms with Crippen molar-refractivity contribution < 1.29 is 19.1 Å². The highest BCUT2D eigenvalue weighted by molar-refractivity contribution is 7.22. The number of carbonyl (C=O) groups excluding carboxylic acids is 2. The van der Waals surface area contributed by atoms with E-state index in [1.807, 2.05) is 30.3 Å². The maximum Gasteiger partial charge on any atom is 0.260 e. The number of hydrogen-bond acceptors (Lipinski definition) is 7. The van der Waals surface area contributed by atoms with E-state index in [1.165, 1.54) is 11.3 Å². The molecule has 37 heavy (non-hydrogen) atoms. The molecule has 192 valence electrons. The Bertz CT molecular complexity index is 1350. The summed E-state index contributed by atoms with van der Waals surface area (Å²) in [5.74, 6) is 1.13. The molecule has 9 heteroatoms. The number of thiazole rings is 1. The molecule has 0 radical (unpaired) electrons. The van der Waals surface area contributed by atoms with Crippen LogP contribution in [0.15, 0.2) is 66.7 Å². The lowest BCUT2D eigenvalue weighted by Crippen LogP contribution is -2.38. The Kier molecular flexibility index (Phi) is 8.43. The van der Waals surface area contributed by atoms with Gasteiger partial charge < -0.3 is 14.4 Å². The van der Waals surface area contributed by atoms with Gasteiger partial charge in [0.1, 0.15) is 0 Å². The molecule has 2 heterocycles. The molecular formula is C28H28ClN3O4S. The fourth-order valence-electron chi connectivity index (χ4n) is 4.16. The Morgan fingerprint density at radius 1 is 0.865 bits per heavy atom. The Morgan fingerprint density at radius 3 is 2.16 bits per heavy atom. The molecule has 4 aromatic rings. The second-order valence-electron chi connectivity index (χ2n) is 8.43. The molecule has 0 saturated heterocycles. The largest absolute Gasteiger partial charge is 0.454 e. The molecule has 0 aliphatic carbocycles. The third-order valence-corrected chi connectivity index (χ3v) is 7.35. The fourth-order valence-corrected chi connectivity index (χ4v) is 5.16. The van der Waals surface area contributed by atoms with Gasteiger partial charge in [0.15, 0.2) is 22.4 Å². The minimum absolute atomic E-state index is 0. The van der Waals surface area contributed by atoms with E-state index < -0.39 is 0 Å². The first-order valence-electron chi connectivity index (χ1n) is 12.0. The summed E-state index contributed by atoms with van der Waals surface area (Å²) in [5.41, 5.74) is 2.44. The second-order valence-corrected chi connectivity index (χ2v) is 9.43. The van der Waals surface area contributed by atoms with Gasteiger partial charge in [-0.1, -0.05) is 67.6 Å². The van der Waals surface area contributed by atoms with Crippen molar-refractivity contribution in [3.05, 3.63) is 83.4 Å². The van der Waals surface area contributed by atoms with E-state index in [0.29, 0.717) is 39.9 Å². The standard InChI is InChI=1S/C28H27N3O4S.ClH/c1-3-30(4-2)14-15-31(28-29-22-16-23-24(35-18-34-23)17-25(22)36-28)27(33)21-12-10-20(11-13-21)26(32)19-8-6-5-7-9-19;/h5-13,16-17H,3-4,14-15,18H2,1-2H3;1H. The van der Waals surface area contributed by atoms with Crippen LogP contribution in [0.2, 0.25) is 0 Å². The molecule has 1 aromatic heterocycles. The van der Waals surface area contributed by atoms with Crippen LogP contribution in [0.1, 0.15) is 40.1 Å². The van der Waals surface area contributed by atoms with Gasteiger partial charge in [-0.2, -0.15) is 0 Å². The zero-order valence-electron chi connectivity index (χ0n) is 20.7. The number of nitrogens with zero attached hydrogens (tertiary/aromatic N) is 3. The molecule has 0 spiro atoms. The minimum Gasteiger partial charge on any atom is -0.454 e. The number of halogens is 1. The summed E-state index contributed by atoms with van der Waals surface area (Å²) in [4.78, 5) is 35.2. The summed E-state index contributed by atoms with van der Waals surface area (Å²) >= 11 is 1.45. The average Bonchev–Trinajstić information content (AvgIpc) is 3.55. The predicted molar refractivity (Wildman–Crippen MR) is 149 cm³/mol. The zero-order chi connectivity index (χ0) is 25.1. The number of anilines is 1. The van der Waals surface area contributed by atoms with Crippen LogP contribution >= 0.6 is 23.7 Å². The predicted octanol–water partition coefficient (Wildman–Crippen LogP) is 5.67. The van der Waals surface area contributed by atoms with Gasteiger partial charge in [-0.3, -0.25) is 14.5 Å². The molecule has 0 atom stereocenters. The molecule has 1 amide bonds. The molecule has 0 bridgehead atoms. The van der Waals surface area contributed by atoms with Crippen molar-refractivity contribution in [2.75, 3.05) is 37.9 Å². The van der Waals surface area contributed by atoms with Crippen LogP contribution < -0.4 is 14.4 Å². The third kappa shape index (κ3) is 5.61. The summed E-state index contributed by atoms with van der Waals surface area (Å²) in [6.07, 6.45) is 0. The molecule has 3 aromatic carbocycles. The monoisotopic (exact) mass is 537 g/mol. The van der Waals surface area contributed by atoms with Gasteiger partial charge in [0, 0.05) is 41.9 Å². The van der Waals surface area contributed by atoms with Crippen LogP contribution in [0.25, 0.3) is 10.2 Å². The summed E-state index contributed by atoms with van der Waals surface area (Å²) < 4.78 is 11.9. The van der Waals surface area contributed by atoms with Gasteiger partial charge in [0.05, 0.1) is 10.2 Å². The van der Waals surface area contributed by atoms with Crippen molar-refractivity contribution in [3.63, 3.8) is 0 Å². The average molecular weight is 538 g/mol. The first kappa shape index (κ1) is 26.6. The number of likely N-dealkylation sites (N-methyl/N-ethyl adjacent to an activating group) is 1. The molecule has 5 rings (SSSR count). The number of ether oxygens (including phenoxy) is 2. The van der Waals surface area contributed by atoms with Gasteiger partial charge in [0.2, 0.25) is 6.79 Å². The van der Waals surface area contributed by atoms with Gasteiger partial charge in [-0.05, 0) is 25.2 Å². The van der Waals surface area contributed by atoms with Crippen LogP contribution in [-0.2, 0) is 0 Å². The highest BCUT2D eigenvalue weighted by atomic mass is 35.5. The number of benzene rings is 3. The second kappa shape index (κ2) is 11.7. The number of aromatic nitrogens is 1. The van der Waals surface area contributed by atoms with Gasteiger partial charge in [0.25, 0.3) is 5.91 Å². The molecular weight excluding hydrogens is 510 g/mol. The Morgan fingerprint density at radius 2 is 1.49 bits per heavy atom. The van der Waals surface area contributed by atoms with Crippen molar-refractivity contribution in [2.24, 2.45) is 0 Å². The molecule has 1 aliphatic rings. The smallest absolute Gasteiger partial charge is 0.260 e. The van der Waals surface area contributed by atoms with E-state index in [4.69, 9.17) is 14.5 Å². The highest BCUT2D eigenvalue weighted by Crippen LogP contribution is 2.40. The zero-order valence-corrected chi connectivity index (χ0v) is 22.3. The van der Waals surface area contributed by atoms with Crippen molar-refractivity contribution in [1.29, 1.82) is 0 Å². The Labute approximate surface area is 226 Å². The van der Waals surface area contributed by atoms with Gasteiger partial charge in [-0.25, -0.2) is 4.98 Å². The van der Waals surface area contributed by atoms with Crippen LogP contribution in [0.3, 0.4) is 0 Å². The SMILES string of the molecule is CCN(CC)CCN(C(=O)c1ccc(C(=O)c2ccccc2)cc1)c1nc2cc3c(cc2s1)OCO3.Cl. The third-order valence-electron chi connectivity index (χ3n) is 6.31. The van der Waals surface area contributed by atoms with Crippen LogP contribution in [0.4, 0.5) is 5.13 Å². The van der Waals surface area contributed by atoms with Crippen LogP contribution in [0.5, 0.6) is 11.5 Å². The van der Waals surface area contributed by atoms with Gasteiger partial charge >= 0.3 is 0 Å². The Hall–Kier alpha value is -3.46. The molecule has 0 unspecified atom stereocenters. The minimum atomic E-state index is -0.153. The van der Waals surface area contributed by atoms with E-state index in [9.17, 15) is 9.59 Å². The number of carbonyl (C=O) groups is 2. The molecule has 0 N–H and O–H groups in total. The lowest BCUT2D eigenvalue weighted by Gasteiger charge is -2.24. The lowest BCUT2D eigenvalue weighted by molar-refractivity contribution is 0.0981. The number of rotatable bonds is 9.